The van der Waals surface area contributed by atoms with Crippen LogP contribution >= 0.6 is 11.6 Å². The highest BCUT2D eigenvalue weighted by Gasteiger charge is 2.25. The number of hydrogen-bond donors (Lipinski definition) is 0. The molecule has 28 heavy (non-hydrogen) atoms. The van der Waals surface area contributed by atoms with Gasteiger partial charge in [0.2, 0.25) is 0 Å². The molecule has 2 aromatic rings. The summed E-state index contributed by atoms with van der Waals surface area (Å²) >= 11 is 5.49. The van der Waals surface area contributed by atoms with Crippen LogP contribution in [0.15, 0.2) is 24.4 Å². The van der Waals surface area contributed by atoms with Gasteiger partial charge in [-0.05, 0) is 55.2 Å². The summed E-state index contributed by atoms with van der Waals surface area (Å²) in [7, 11) is 0. The lowest BCUT2D eigenvalue weighted by atomic mass is 9.77. The van der Waals surface area contributed by atoms with Crippen LogP contribution in [0.25, 0.3) is 11.3 Å². The summed E-state index contributed by atoms with van der Waals surface area (Å²) in [4.78, 5) is 4.26. The first-order chi connectivity index (χ1) is 13.4. The maximum Gasteiger partial charge on any atom is 0.387 e. The number of halogens is 5. The Morgan fingerprint density at radius 2 is 1.89 bits per heavy atom. The van der Waals surface area contributed by atoms with Gasteiger partial charge in [-0.3, -0.25) is 4.98 Å². The predicted molar refractivity (Wildman–Crippen MR) is 101 cm³/mol. The molecule has 1 aliphatic carbocycles. The zero-order chi connectivity index (χ0) is 20.3. The van der Waals surface area contributed by atoms with E-state index in [9.17, 15) is 17.6 Å². The van der Waals surface area contributed by atoms with Crippen molar-refractivity contribution >= 4 is 11.6 Å². The van der Waals surface area contributed by atoms with Crippen molar-refractivity contribution in [2.45, 2.75) is 58.0 Å². The summed E-state index contributed by atoms with van der Waals surface area (Å²) in [5.74, 6) is -2.05. The van der Waals surface area contributed by atoms with Crippen molar-refractivity contribution in [3.63, 3.8) is 0 Å². The third-order valence-corrected chi connectivity index (χ3v) is 5.75. The molecular formula is C21H22ClF4NO. The quantitative estimate of drug-likeness (QED) is 0.363. The normalized spacial score (nSPS) is 19.8. The van der Waals surface area contributed by atoms with Gasteiger partial charge in [0.05, 0.1) is 5.69 Å². The first kappa shape index (κ1) is 20.9. The van der Waals surface area contributed by atoms with Crippen LogP contribution < -0.4 is 4.74 Å². The number of ether oxygens (including phenoxy) is 1. The van der Waals surface area contributed by atoms with E-state index in [0.29, 0.717) is 5.92 Å². The van der Waals surface area contributed by atoms with Crippen LogP contribution in [0.5, 0.6) is 5.75 Å². The van der Waals surface area contributed by atoms with Crippen molar-refractivity contribution in [3.05, 3.63) is 46.6 Å². The molecular weight excluding hydrogens is 394 g/mol. The number of nitrogens with zero attached hydrogens (tertiary/aromatic N) is 1. The minimum atomic E-state index is -3.27. The fraction of sp³-hybridized carbons (Fsp3) is 0.476. The third-order valence-electron chi connectivity index (χ3n) is 5.40. The number of alkyl halides is 2. The van der Waals surface area contributed by atoms with Crippen LogP contribution in [0.4, 0.5) is 17.6 Å². The fourth-order valence-electron chi connectivity index (χ4n) is 3.97. The highest BCUT2D eigenvalue weighted by atomic mass is 35.5. The molecule has 1 heterocycles. The Balaban J connectivity index is 1.84. The van der Waals surface area contributed by atoms with Gasteiger partial charge in [0.1, 0.15) is 10.8 Å². The van der Waals surface area contributed by atoms with Crippen LogP contribution in [0, 0.1) is 17.6 Å². The Kier molecular flexibility index (Phi) is 6.81. The molecule has 0 aliphatic heterocycles. The Bertz CT molecular complexity index is 805. The van der Waals surface area contributed by atoms with Gasteiger partial charge in [0.25, 0.3) is 0 Å². The molecule has 1 saturated carbocycles. The summed E-state index contributed by atoms with van der Waals surface area (Å²) in [6.07, 6.45) is 8.62. The smallest absolute Gasteiger partial charge is 0.387 e. The second-order valence-corrected chi connectivity index (χ2v) is 7.60. The zero-order valence-electron chi connectivity index (χ0n) is 15.5. The zero-order valence-corrected chi connectivity index (χ0v) is 16.3. The molecule has 0 N–H and O–H groups in total. The number of pyridine rings is 1. The van der Waals surface area contributed by atoms with Gasteiger partial charge in [-0.2, -0.15) is 8.78 Å². The van der Waals surface area contributed by atoms with Gasteiger partial charge >= 0.3 is 6.61 Å². The molecule has 0 bridgehead atoms. The van der Waals surface area contributed by atoms with Gasteiger partial charge < -0.3 is 4.74 Å². The summed E-state index contributed by atoms with van der Waals surface area (Å²) in [5.41, 5.74) is 0.997. The van der Waals surface area contributed by atoms with E-state index >= 15 is 0 Å². The molecule has 0 unspecified atom stereocenters. The molecule has 152 valence electrons. The molecule has 0 amide bonds. The second-order valence-electron chi connectivity index (χ2n) is 7.22. The van der Waals surface area contributed by atoms with E-state index in [0.717, 1.165) is 30.4 Å². The summed E-state index contributed by atoms with van der Waals surface area (Å²) in [5, 5.41) is -0.889. The van der Waals surface area contributed by atoms with Crippen LogP contribution in [0.2, 0.25) is 5.02 Å². The molecule has 7 heteroatoms. The fourth-order valence-corrected chi connectivity index (χ4v) is 4.11. The van der Waals surface area contributed by atoms with Crippen LogP contribution in [0.3, 0.4) is 0 Å². The topological polar surface area (TPSA) is 22.1 Å². The molecule has 1 aromatic carbocycles. The summed E-state index contributed by atoms with van der Waals surface area (Å²) in [6.45, 7) is -1.07. The minimum Gasteiger partial charge on any atom is -0.431 e. The molecule has 0 radical (unpaired) electrons. The maximum atomic E-state index is 14.2. The van der Waals surface area contributed by atoms with Crippen LogP contribution in [-0.4, -0.2) is 11.6 Å². The van der Waals surface area contributed by atoms with E-state index in [2.05, 4.69) is 16.6 Å². The Labute approximate surface area is 166 Å². The predicted octanol–water partition coefficient (Wildman–Crippen LogP) is 7.36. The number of hydrogen-bond acceptors (Lipinski definition) is 2. The highest BCUT2D eigenvalue weighted by molar-refractivity contribution is 6.31. The van der Waals surface area contributed by atoms with Crippen molar-refractivity contribution < 1.29 is 22.3 Å². The van der Waals surface area contributed by atoms with E-state index < -0.39 is 29.0 Å². The second kappa shape index (κ2) is 9.12. The minimum absolute atomic E-state index is 0.147. The van der Waals surface area contributed by atoms with E-state index in [1.54, 1.807) is 12.3 Å². The van der Waals surface area contributed by atoms with Crippen molar-refractivity contribution in [1.29, 1.82) is 0 Å². The lowest BCUT2D eigenvalue weighted by Gasteiger charge is -2.28. The standard InChI is InChI=1S/C21H22ClF4NO/c1-2-3-12-4-6-13(7-5-12)14-8-9-17(27-11-14)15-10-16(23)18(22)19(24)20(15)28-21(25)26/h8-13,21H,2-7H2,1H3. The average Bonchev–Trinajstić information content (AvgIpc) is 2.69. The van der Waals surface area contributed by atoms with Crippen LogP contribution in [-0.2, 0) is 0 Å². The summed E-state index contributed by atoms with van der Waals surface area (Å²) in [6, 6.07) is 4.28. The third kappa shape index (κ3) is 4.59. The van der Waals surface area contributed by atoms with Gasteiger partial charge in [0, 0.05) is 11.8 Å². The Hall–Kier alpha value is -1.82. The molecule has 0 atom stereocenters. The SMILES string of the molecule is CCCC1CCC(c2ccc(-c3cc(F)c(Cl)c(F)c3OC(F)F)nc2)CC1. The van der Waals surface area contributed by atoms with Gasteiger partial charge in [-0.25, -0.2) is 8.78 Å². The average molecular weight is 416 g/mol. The molecule has 2 nitrogen and oxygen atoms in total. The van der Waals surface area contributed by atoms with Gasteiger partial charge in [-0.15, -0.1) is 0 Å². The molecule has 1 aromatic heterocycles. The lowest BCUT2D eigenvalue weighted by molar-refractivity contribution is -0.0518. The van der Waals surface area contributed by atoms with E-state index in [1.165, 1.54) is 25.7 Å². The lowest BCUT2D eigenvalue weighted by Crippen LogP contribution is -2.13. The van der Waals surface area contributed by atoms with Gasteiger partial charge in [-0.1, -0.05) is 37.4 Å². The first-order valence-corrected chi connectivity index (χ1v) is 9.87. The number of aromatic nitrogens is 1. The monoisotopic (exact) mass is 415 g/mol. The van der Waals surface area contributed by atoms with E-state index in [-0.39, 0.29) is 11.3 Å². The van der Waals surface area contributed by atoms with Crippen molar-refractivity contribution in [1.82, 2.24) is 4.98 Å². The number of benzene rings is 1. The highest BCUT2D eigenvalue weighted by Crippen LogP contribution is 2.40. The first-order valence-electron chi connectivity index (χ1n) is 9.49. The Morgan fingerprint density at radius 3 is 2.46 bits per heavy atom. The molecule has 0 spiro atoms. The largest absolute Gasteiger partial charge is 0.431 e. The number of rotatable bonds is 6. The van der Waals surface area contributed by atoms with Gasteiger partial charge in [0.15, 0.2) is 11.6 Å². The molecule has 1 aliphatic rings. The molecule has 3 rings (SSSR count). The van der Waals surface area contributed by atoms with Crippen molar-refractivity contribution in [3.8, 4) is 17.0 Å². The van der Waals surface area contributed by atoms with E-state index in [4.69, 9.17) is 11.6 Å². The Morgan fingerprint density at radius 1 is 1.18 bits per heavy atom. The summed E-state index contributed by atoms with van der Waals surface area (Å²) < 4.78 is 57.7. The van der Waals surface area contributed by atoms with Crippen molar-refractivity contribution in [2.75, 3.05) is 0 Å². The van der Waals surface area contributed by atoms with Crippen molar-refractivity contribution in [2.24, 2.45) is 5.92 Å². The van der Waals surface area contributed by atoms with Crippen LogP contribution in [0.1, 0.15) is 56.9 Å². The van der Waals surface area contributed by atoms with E-state index in [1.807, 2.05) is 6.07 Å². The molecule has 0 saturated heterocycles. The molecule has 1 fully saturated rings. The maximum absolute atomic E-state index is 14.2.